The minimum atomic E-state index is 0.968. The molecule has 0 aliphatic rings. The standard InChI is InChI=1S/C3H3Br3/c1-2(4)3(5)6/h1H3. The largest absolute Gasteiger partial charge is 0.0702 e. The van der Waals surface area contributed by atoms with Crippen molar-refractivity contribution in [2.45, 2.75) is 6.92 Å². The monoisotopic (exact) mass is 276 g/mol. The van der Waals surface area contributed by atoms with Crippen molar-refractivity contribution in [2.24, 2.45) is 0 Å². The van der Waals surface area contributed by atoms with Gasteiger partial charge in [0.1, 0.15) is 0 Å². The Bertz CT molecular complexity index is 56.1. The van der Waals surface area contributed by atoms with Crippen LogP contribution in [-0.2, 0) is 0 Å². The Morgan fingerprint density at radius 1 is 1.17 bits per heavy atom. The van der Waals surface area contributed by atoms with E-state index in [1.165, 1.54) is 0 Å². The fraction of sp³-hybridized carbons (Fsp3) is 0.333. The van der Waals surface area contributed by atoms with Crippen molar-refractivity contribution in [3.63, 3.8) is 0 Å². The lowest BCUT2D eigenvalue weighted by atomic mass is 10.8. The molecule has 0 aliphatic carbocycles. The average molecular weight is 279 g/mol. The smallest absolute Gasteiger partial charge is 0.0542 e. The van der Waals surface area contributed by atoms with Crippen molar-refractivity contribution in [1.82, 2.24) is 0 Å². The third-order valence-electron chi connectivity index (χ3n) is 0.260. The molecular weight excluding hydrogens is 276 g/mol. The molecule has 0 aromatic heterocycles. The average Bonchev–Trinajstić information content (AvgIpc) is 1.36. The van der Waals surface area contributed by atoms with E-state index in [-0.39, 0.29) is 0 Å². The van der Waals surface area contributed by atoms with Gasteiger partial charge in [0.2, 0.25) is 0 Å². The lowest BCUT2D eigenvalue weighted by Gasteiger charge is -1.80. The van der Waals surface area contributed by atoms with E-state index in [9.17, 15) is 0 Å². The summed E-state index contributed by atoms with van der Waals surface area (Å²) < 4.78 is 2.04. The van der Waals surface area contributed by atoms with Crippen LogP contribution in [0.4, 0.5) is 0 Å². The Kier molecular flexibility index (Phi) is 3.85. The number of allylic oxidation sites excluding steroid dienone is 1. The van der Waals surface area contributed by atoms with Gasteiger partial charge in [-0.05, 0) is 38.8 Å². The molecule has 0 aliphatic heterocycles. The highest BCUT2D eigenvalue weighted by molar-refractivity contribution is 9.29. The van der Waals surface area contributed by atoms with E-state index in [2.05, 4.69) is 47.8 Å². The summed E-state index contributed by atoms with van der Waals surface area (Å²) in [4.78, 5) is 0. The van der Waals surface area contributed by atoms with Crippen LogP contribution in [0.3, 0.4) is 0 Å². The molecule has 0 amide bonds. The molecule has 6 heavy (non-hydrogen) atoms. The maximum absolute atomic E-state index is 3.22. The molecule has 0 spiro atoms. The normalized spacial score (nSPS) is 8.00. The first-order valence-corrected chi connectivity index (χ1v) is 3.70. The molecule has 0 unspecified atom stereocenters. The zero-order valence-electron chi connectivity index (χ0n) is 3.13. The Morgan fingerprint density at radius 2 is 1.33 bits per heavy atom. The van der Waals surface area contributed by atoms with E-state index in [1.807, 2.05) is 6.92 Å². The Hall–Kier alpha value is 1.18. The second-order valence-corrected chi connectivity index (χ2v) is 4.63. The minimum absolute atomic E-state index is 0.968. The minimum Gasteiger partial charge on any atom is -0.0542 e. The van der Waals surface area contributed by atoms with Gasteiger partial charge in [-0.15, -0.1) is 0 Å². The van der Waals surface area contributed by atoms with Crippen molar-refractivity contribution >= 4 is 47.8 Å². The van der Waals surface area contributed by atoms with Crippen LogP contribution in [-0.4, -0.2) is 0 Å². The molecule has 0 N–H and O–H groups in total. The Labute approximate surface area is 62.4 Å². The van der Waals surface area contributed by atoms with Crippen LogP contribution in [0.2, 0.25) is 0 Å². The van der Waals surface area contributed by atoms with E-state index in [4.69, 9.17) is 0 Å². The third kappa shape index (κ3) is 3.37. The summed E-state index contributed by atoms with van der Waals surface area (Å²) in [6, 6.07) is 0. The molecule has 36 valence electrons. The topological polar surface area (TPSA) is 0 Å². The zero-order chi connectivity index (χ0) is 5.15. The summed E-state index contributed by atoms with van der Waals surface area (Å²) >= 11 is 9.60. The number of rotatable bonds is 0. The second kappa shape index (κ2) is 3.22. The molecule has 3 heteroatoms. The fourth-order valence-corrected chi connectivity index (χ4v) is 0. The van der Waals surface area contributed by atoms with Crippen molar-refractivity contribution in [3.8, 4) is 0 Å². The molecule has 0 saturated carbocycles. The molecule has 0 heterocycles. The summed E-state index contributed by atoms with van der Waals surface area (Å²) in [6.07, 6.45) is 0. The second-order valence-electron chi connectivity index (χ2n) is 0.794. The Morgan fingerprint density at radius 3 is 1.33 bits per heavy atom. The molecule has 0 rings (SSSR count). The van der Waals surface area contributed by atoms with Gasteiger partial charge in [-0.2, -0.15) is 0 Å². The van der Waals surface area contributed by atoms with E-state index < -0.39 is 0 Å². The zero-order valence-corrected chi connectivity index (χ0v) is 7.89. The van der Waals surface area contributed by atoms with Gasteiger partial charge in [0.15, 0.2) is 0 Å². The van der Waals surface area contributed by atoms with Gasteiger partial charge in [-0.1, -0.05) is 15.9 Å². The molecule has 0 bridgehead atoms. The van der Waals surface area contributed by atoms with Crippen molar-refractivity contribution in [1.29, 1.82) is 0 Å². The maximum atomic E-state index is 3.22. The summed E-state index contributed by atoms with van der Waals surface area (Å²) in [5.41, 5.74) is 0. The van der Waals surface area contributed by atoms with Crippen molar-refractivity contribution in [3.05, 3.63) is 7.87 Å². The van der Waals surface area contributed by atoms with Gasteiger partial charge < -0.3 is 0 Å². The molecule has 0 saturated heterocycles. The predicted molar refractivity (Wildman–Crippen MR) is 39.5 cm³/mol. The quantitative estimate of drug-likeness (QED) is 0.637. The highest BCUT2D eigenvalue weighted by atomic mass is 79.9. The summed E-state index contributed by atoms with van der Waals surface area (Å²) in [6.45, 7) is 1.94. The number of halogens is 3. The molecule has 0 aromatic carbocycles. The first-order chi connectivity index (χ1) is 2.64. The first-order valence-electron chi connectivity index (χ1n) is 1.32. The lowest BCUT2D eigenvalue weighted by molar-refractivity contribution is 1.74. The predicted octanol–water partition coefficient (Wildman–Crippen LogP) is 3.36. The van der Waals surface area contributed by atoms with Crippen LogP contribution >= 0.6 is 47.8 Å². The maximum Gasteiger partial charge on any atom is 0.0702 e. The summed E-state index contributed by atoms with van der Waals surface area (Å²) in [7, 11) is 0. The van der Waals surface area contributed by atoms with E-state index in [1.54, 1.807) is 0 Å². The van der Waals surface area contributed by atoms with Crippen molar-refractivity contribution < 1.29 is 0 Å². The lowest BCUT2D eigenvalue weighted by Crippen LogP contribution is -1.50. The van der Waals surface area contributed by atoms with Gasteiger partial charge in [0.25, 0.3) is 0 Å². The van der Waals surface area contributed by atoms with E-state index >= 15 is 0 Å². The van der Waals surface area contributed by atoms with Crippen LogP contribution in [0.25, 0.3) is 0 Å². The van der Waals surface area contributed by atoms with Crippen LogP contribution < -0.4 is 0 Å². The molecule has 0 nitrogen and oxygen atoms in total. The molecule has 0 radical (unpaired) electrons. The van der Waals surface area contributed by atoms with Gasteiger partial charge in [0, 0.05) is 4.48 Å². The van der Waals surface area contributed by atoms with E-state index in [0.717, 1.165) is 7.87 Å². The summed E-state index contributed by atoms with van der Waals surface area (Å²) in [5, 5.41) is 0. The van der Waals surface area contributed by atoms with Gasteiger partial charge in [-0.3, -0.25) is 0 Å². The van der Waals surface area contributed by atoms with Gasteiger partial charge in [0.05, 0.1) is 3.39 Å². The van der Waals surface area contributed by atoms with Crippen LogP contribution in [0.15, 0.2) is 7.87 Å². The van der Waals surface area contributed by atoms with Crippen LogP contribution in [0.1, 0.15) is 6.92 Å². The third-order valence-corrected chi connectivity index (χ3v) is 2.91. The van der Waals surface area contributed by atoms with E-state index in [0.29, 0.717) is 0 Å². The highest BCUT2D eigenvalue weighted by Gasteiger charge is 1.82. The van der Waals surface area contributed by atoms with Crippen LogP contribution in [0, 0.1) is 0 Å². The van der Waals surface area contributed by atoms with Gasteiger partial charge >= 0.3 is 0 Å². The van der Waals surface area contributed by atoms with Crippen molar-refractivity contribution in [2.75, 3.05) is 0 Å². The fourth-order valence-electron chi connectivity index (χ4n) is 0. The molecule has 0 aromatic rings. The highest BCUT2D eigenvalue weighted by Crippen LogP contribution is 2.22. The number of hydrogen-bond donors (Lipinski definition) is 0. The molecular formula is C3H3Br3. The Balaban J connectivity index is 3.68. The number of hydrogen-bond acceptors (Lipinski definition) is 0. The molecule has 0 atom stereocenters. The first kappa shape index (κ1) is 7.18. The molecule has 0 fully saturated rings. The van der Waals surface area contributed by atoms with Gasteiger partial charge in [-0.25, -0.2) is 0 Å². The van der Waals surface area contributed by atoms with Crippen LogP contribution in [0.5, 0.6) is 0 Å². The SMILES string of the molecule is CC(Br)=C(Br)Br. The summed E-state index contributed by atoms with van der Waals surface area (Å²) in [5.74, 6) is 0.